The number of aromatic nitrogens is 4. The van der Waals surface area contributed by atoms with E-state index in [2.05, 4.69) is 15.2 Å². The predicted octanol–water partition coefficient (Wildman–Crippen LogP) is 2.47. The van der Waals surface area contributed by atoms with Crippen molar-refractivity contribution >= 4 is 40.2 Å². The van der Waals surface area contributed by atoms with Crippen LogP contribution in [0.25, 0.3) is 11.0 Å². The molecule has 0 bridgehead atoms. The second-order valence-electron chi connectivity index (χ2n) is 5.23. The smallest absolute Gasteiger partial charge is 0.284 e. The van der Waals surface area contributed by atoms with Crippen LogP contribution in [-0.2, 0) is 0 Å². The summed E-state index contributed by atoms with van der Waals surface area (Å²) in [5.74, 6) is 1.60. The summed E-state index contributed by atoms with van der Waals surface area (Å²) in [5.41, 5.74) is 0.521. The fourth-order valence-electron chi connectivity index (χ4n) is 2.58. The molecule has 1 N–H and O–H groups in total. The van der Waals surface area contributed by atoms with Crippen molar-refractivity contribution in [1.82, 2.24) is 19.7 Å². The SMILES string of the molecule is O=c1nc2n(c3[nH]ncc13)[C@@H](CSc1ccc([N+](=O)[O-])cc1)CS2. The van der Waals surface area contributed by atoms with Gasteiger partial charge in [-0.1, -0.05) is 11.8 Å². The van der Waals surface area contributed by atoms with Crippen molar-refractivity contribution in [3.8, 4) is 0 Å². The maximum atomic E-state index is 11.9. The molecule has 2 aromatic heterocycles. The molecular weight excluding hydrogens is 350 g/mol. The quantitative estimate of drug-likeness (QED) is 0.329. The summed E-state index contributed by atoms with van der Waals surface area (Å²) in [4.78, 5) is 27.3. The molecule has 0 unspecified atom stereocenters. The molecule has 24 heavy (non-hydrogen) atoms. The number of non-ortho nitro benzene ring substituents is 1. The van der Waals surface area contributed by atoms with Crippen LogP contribution in [-0.4, -0.2) is 36.2 Å². The summed E-state index contributed by atoms with van der Waals surface area (Å²) in [6, 6.07) is 6.68. The zero-order chi connectivity index (χ0) is 16.7. The van der Waals surface area contributed by atoms with Gasteiger partial charge in [-0.2, -0.15) is 10.1 Å². The molecule has 0 fully saturated rings. The highest BCUT2D eigenvalue weighted by Crippen LogP contribution is 2.36. The Hall–Kier alpha value is -2.33. The fraction of sp³-hybridized carbons (Fsp3) is 0.214. The van der Waals surface area contributed by atoms with E-state index in [1.54, 1.807) is 35.7 Å². The van der Waals surface area contributed by atoms with E-state index in [0.29, 0.717) is 16.2 Å². The molecular formula is C14H11N5O3S2. The van der Waals surface area contributed by atoms with Crippen LogP contribution in [0.2, 0.25) is 0 Å². The summed E-state index contributed by atoms with van der Waals surface area (Å²) in [6.45, 7) is 0. The third kappa shape index (κ3) is 2.57. The van der Waals surface area contributed by atoms with Gasteiger partial charge in [0.15, 0.2) is 5.16 Å². The molecule has 8 nitrogen and oxygen atoms in total. The number of hydrogen-bond acceptors (Lipinski definition) is 7. The van der Waals surface area contributed by atoms with Gasteiger partial charge >= 0.3 is 0 Å². The van der Waals surface area contributed by atoms with Gasteiger partial charge in [-0.15, -0.1) is 11.8 Å². The number of aromatic amines is 1. The molecule has 10 heteroatoms. The summed E-state index contributed by atoms with van der Waals surface area (Å²) in [7, 11) is 0. The van der Waals surface area contributed by atoms with E-state index in [1.807, 2.05) is 4.57 Å². The van der Waals surface area contributed by atoms with Gasteiger partial charge in [0.2, 0.25) is 0 Å². The third-order valence-electron chi connectivity index (χ3n) is 3.75. The number of benzene rings is 1. The van der Waals surface area contributed by atoms with Crippen molar-refractivity contribution in [1.29, 1.82) is 0 Å². The molecule has 4 rings (SSSR count). The zero-order valence-corrected chi connectivity index (χ0v) is 13.8. The van der Waals surface area contributed by atoms with Gasteiger partial charge in [-0.3, -0.25) is 20.0 Å². The number of thioether (sulfide) groups is 2. The molecule has 1 aliphatic rings. The second kappa shape index (κ2) is 5.95. The first kappa shape index (κ1) is 15.2. The molecule has 1 aromatic carbocycles. The highest BCUT2D eigenvalue weighted by molar-refractivity contribution is 8.00. The molecule has 0 saturated heterocycles. The maximum Gasteiger partial charge on any atom is 0.284 e. The summed E-state index contributed by atoms with van der Waals surface area (Å²) in [5, 5.41) is 18.7. The summed E-state index contributed by atoms with van der Waals surface area (Å²) in [6.07, 6.45) is 1.50. The first-order valence-corrected chi connectivity index (χ1v) is 9.06. The van der Waals surface area contributed by atoms with Crippen molar-refractivity contribution < 1.29 is 4.92 Å². The van der Waals surface area contributed by atoms with Crippen molar-refractivity contribution in [2.24, 2.45) is 0 Å². The Morgan fingerprint density at radius 2 is 2.21 bits per heavy atom. The highest BCUT2D eigenvalue weighted by atomic mass is 32.2. The normalized spacial score (nSPS) is 16.4. The van der Waals surface area contributed by atoms with Gasteiger partial charge in [0.25, 0.3) is 11.2 Å². The number of H-pyrrole nitrogens is 1. The Kier molecular flexibility index (Phi) is 3.77. The minimum absolute atomic E-state index is 0.0850. The Bertz CT molecular complexity index is 982. The van der Waals surface area contributed by atoms with E-state index in [1.165, 1.54) is 18.3 Å². The van der Waals surface area contributed by atoms with Crippen LogP contribution in [0.15, 0.2) is 45.3 Å². The highest BCUT2D eigenvalue weighted by Gasteiger charge is 2.27. The molecule has 1 aliphatic heterocycles. The number of hydrogen-bond donors (Lipinski definition) is 1. The van der Waals surface area contributed by atoms with Crippen LogP contribution < -0.4 is 5.56 Å². The van der Waals surface area contributed by atoms with E-state index in [9.17, 15) is 14.9 Å². The van der Waals surface area contributed by atoms with E-state index in [4.69, 9.17) is 0 Å². The van der Waals surface area contributed by atoms with Crippen molar-refractivity contribution in [3.63, 3.8) is 0 Å². The molecule has 0 amide bonds. The van der Waals surface area contributed by atoms with Gasteiger partial charge in [-0.25, -0.2) is 0 Å². The predicted molar refractivity (Wildman–Crippen MR) is 91.7 cm³/mol. The van der Waals surface area contributed by atoms with Crippen LogP contribution in [0.4, 0.5) is 5.69 Å². The molecule has 3 heterocycles. The maximum absolute atomic E-state index is 11.9. The fourth-order valence-corrected chi connectivity index (χ4v) is 4.85. The second-order valence-corrected chi connectivity index (χ2v) is 7.31. The third-order valence-corrected chi connectivity index (χ3v) is 6.01. The minimum atomic E-state index is -0.407. The Morgan fingerprint density at radius 1 is 1.42 bits per heavy atom. The molecule has 122 valence electrons. The van der Waals surface area contributed by atoms with E-state index in [0.717, 1.165) is 16.4 Å². The van der Waals surface area contributed by atoms with Crippen LogP contribution in [0.3, 0.4) is 0 Å². The van der Waals surface area contributed by atoms with E-state index >= 15 is 0 Å². The van der Waals surface area contributed by atoms with E-state index < -0.39 is 4.92 Å². The Labute approximate surface area is 143 Å². The van der Waals surface area contributed by atoms with E-state index in [-0.39, 0.29) is 17.3 Å². The molecule has 1 atom stereocenters. The minimum Gasteiger partial charge on any atom is -0.300 e. The lowest BCUT2D eigenvalue weighted by Crippen LogP contribution is -2.17. The monoisotopic (exact) mass is 361 g/mol. The van der Waals surface area contributed by atoms with Crippen molar-refractivity contribution in [3.05, 3.63) is 50.9 Å². The number of nitrogens with zero attached hydrogens (tertiary/aromatic N) is 4. The van der Waals surface area contributed by atoms with Gasteiger partial charge in [0.1, 0.15) is 11.0 Å². The van der Waals surface area contributed by atoms with Gasteiger partial charge < -0.3 is 4.57 Å². The van der Waals surface area contributed by atoms with Crippen LogP contribution in [0, 0.1) is 10.1 Å². The lowest BCUT2D eigenvalue weighted by molar-refractivity contribution is -0.384. The molecule has 0 radical (unpaired) electrons. The standard InChI is InChI=1S/C14H11N5O3S2/c20-13-11-5-15-17-12(11)18-9(7-24-14(18)16-13)6-23-10-3-1-8(2-4-10)19(21)22/h1-5,9H,6-7H2,(H,15,17)/t9-/m0/s1. The average molecular weight is 361 g/mol. The lowest BCUT2D eigenvalue weighted by atomic mass is 10.3. The van der Waals surface area contributed by atoms with Crippen LogP contribution >= 0.6 is 23.5 Å². The van der Waals surface area contributed by atoms with Crippen LogP contribution in [0.5, 0.6) is 0 Å². The van der Waals surface area contributed by atoms with Gasteiger partial charge in [0, 0.05) is 28.5 Å². The number of rotatable bonds is 4. The van der Waals surface area contributed by atoms with Crippen LogP contribution in [0.1, 0.15) is 6.04 Å². The van der Waals surface area contributed by atoms with Crippen molar-refractivity contribution in [2.75, 3.05) is 11.5 Å². The first-order valence-electron chi connectivity index (χ1n) is 7.09. The first-order chi connectivity index (χ1) is 11.6. The van der Waals surface area contributed by atoms with Crippen molar-refractivity contribution in [2.45, 2.75) is 16.1 Å². The molecule has 0 spiro atoms. The number of nitro benzene ring substituents is 1. The largest absolute Gasteiger partial charge is 0.300 e. The molecule has 3 aromatic rings. The summed E-state index contributed by atoms with van der Waals surface area (Å²) < 4.78 is 2.02. The Morgan fingerprint density at radius 3 is 2.96 bits per heavy atom. The Balaban J connectivity index is 1.57. The van der Waals surface area contributed by atoms with Gasteiger partial charge in [-0.05, 0) is 12.1 Å². The molecule has 0 saturated carbocycles. The van der Waals surface area contributed by atoms with Gasteiger partial charge in [0.05, 0.1) is 17.2 Å². The zero-order valence-electron chi connectivity index (χ0n) is 12.2. The lowest BCUT2D eigenvalue weighted by Gasteiger charge is -2.14. The molecule has 0 aliphatic carbocycles. The summed E-state index contributed by atoms with van der Waals surface area (Å²) >= 11 is 3.17. The topological polar surface area (TPSA) is 107 Å². The number of fused-ring (bicyclic) bond motifs is 3. The number of nitrogens with one attached hydrogen (secondary N) is 1. The number of nitro groups is 1. The average Bonchev–Trinajstić information content (AvgIpc) is 3.20.